The van der Waals surface area contributed by atoms with Crippen molar-refractivity contribution in [2.75, 3.05) is 18.5 Å². The minimum Gasteiger partial charge on any atom is -0.466 e. The number of esters is 1. The van der Waals surface area contributed by atoms with E-state index in [1.54, 1.807) is 6.92 Å². The van der Waals surface area contributed by atoms with Gasteiger partial charge in [-0.1, -0.05) is 0 Å². The third kappa shape index (κ3) is 4.95. The molecular weight excluding hydrogens is 251 g/mol. The van der Waals surface area contributed by atoms with Crippen LogP contribution in [-0.2, 0) is 9.53 Å². The van der Waals surface area contributed by atoms with Crippen molar-refractivity contribution in [2.45, 2.75) is 19.8 Å². The highest BCUT2D eigenvalue weighted by atomic mass is 19.1. The fourth-order valence-electron chi connectivity index (χ4n) is 1.56. The van der Waals surface area contributed by atoms with Gasteiger partial charge in [-0.05, 0) is 31.5 Å². The molecule has 0 saturated heterocycles. The molecule has 0 fully saturated rings. The molecule has 19 heavy (non-hydrogen) atoms. The molecular formula is C13H17FN2O3. The molecule has 0 aromatic heterocycles. The van der Waals surface area contributed by atoms with Gasteiger partial charge in [0.2, 0.25) is 0 Å². The molecule has 104 valence electrons. The van der Waals surface area contributed by atoms with E-state index in [2.05, 4.69) is 5.32 Å². The van der Waals surface area contributed by atoms with Crippen molar-refractivity contribution in [2.24, 2.45) is 5.73 Å². The second-order valence-corrected chi connectivity index (χ2v) is 3.89. The highest BCUT2D eigenvalue weighted by molar-refractivity contribution is 5.98. The first-order valence-corrected chi connectivity index (χ1v) is 6.03. The number of nitrogens with one attached hydrogen (secondary N) is 1. The minimum absolute atomic E-state index is 0.0936. The maximum atomic E-state index is 13.0. The quantitative estimate of drug-likeness (QED) is 0.582. The molecule has 1 aromatic rings. The van der Waals surface area contributed by atoms with Gasteiger partial charge in [-0.15, -0.1) is 0 Å². The highest BCUT2D eigenvalue weighted by Gasteiger charge is 2.09. The molecule has 0 aliphatic heterocycles. The Hall–Kier alpha value is -2.11. The number of amides is 1. The van der Waals surface area contributed by atoms with Crippen molar-refractivity contribution in [3.05, 3.63) is 29.6 Å². The number of nitrogens with two attached hydrogens (primary N) is 1. The number of carbonyl (C=O) groups excluding carboxylic acids is 2. The van der Waals surface area contributed by atoms with E-state index in [0.717, 1.165) is 6.07 Å². The van der Waals surface area contributed by atoms with Crippen LogP contribution in [0.3, 0.4) is 0 Å². The SMILES string of the molecule is CCOC(=O)CCCNc1ccc(F)cc1C(N)=O. The topological polar surface area (TPSA) is 81.4 Å². The van der Waals surface area contributed by atoms with E-state index >= 15 is 0 Å². The summed E-state index contributed by atoms with van der Waals surface area (Å²) in [7, 11) is 0. The lowest BCUT2D eigenvalue weighted by atomic mass is 10.1. The van der Waals surface area contributed by atoms with Crippen LogP contribution in [0.4, 0.5) is 10.1 Å². The van der Waals surface area contributed by atoms with Crippen LogP contribution in [0, 0.1) is 5.82 Å². The van der Waals surface area contributed by atoms with Crippen LogP contribution >= 0.6 is 0 Å². The molecule has 0 bridgehead atoms. The molecule has 1 amide bonds. The zero-order valence-corrected chi connectivity index (χ0v) is 10.7. The van der Waals surface area contributed by atoms with Gasteiger partial charge in [-0.2, -0.15) is 0 Å². The molecule has 0 aliphatic rings. The van der Waals surface area contributed by atoms with Gasteiger partial charge in [0, 0.05) is 18.7 Å². The Morgan fingerprint density at radius 2 is 2.16 bits per heavy atom. The summed E-state index contributed by atoms with van der Waals surface area (Å²) in [6.45, 7) is 2.56. The fourth-order valence-corrected chi connectivity index (χ4v) is 1.56. The van der Waals surface area contributed by atoms with Crippen molar-refractivity contribution < 1.29 is 18.7 Å². The van der Waals surface area contributed by atoms with E-state index in [9.17, 15) is 14.0 Å². The molecule has 3 N–H and O–H groups in total. The van der Waals surface area contributed by atoms with Crippen molar-refractivity contribution in [1.29, 1.82) is 0 Å². The van der Waals surface area contributed by atoms with Gasteiger partial charge >= 0.3 is 5.97 Å². The molecule has 0 heterocycles. The van der Waals surface area contributed by atoms with E-state index in [4.69, 9.17) is 10.5 Å². The maximum Gasteiger partial charge on any atom is 0.305 e. The van der Waals surface area contributed by atoms with Gasteiger partial charge in [0.05, 0.1) is 12.2 Å². The molecule has 1 rings (SSSR count). The van der Waals surface area contributed by atoms with E-state index in [-0.39, 0.29) is 18.0 Å². The molecule has 6 heteroatoms. The predicted molar refractivity (Wildman–Crippen MR) is 69.3 cm³/mol. The highest BCUT2D eigenvalue weighted by Crippen LogP contribution is 2.16. The monoisotopic (exact) mass is 268 g/mol. The van der Waals surface area contributed by atoms with E-state index in [1.165, 1.54) is 12.1 Å². The van der Waals surface area contributed by atoms with Crippen molar-refractivity contribution in [3.63, 3.8) is 0 Å². The molecule has 0 unspecified atom stereocenters. The molecule has 0 atom stereocenters. The maximum absolute atomic E-state index is 13.0. The summed E-state index contributed by atoms with van der Waals surface area (Å²) in [6.07, 6.45) is 0.836. The Balaban J connectivity index is 2.49. The lowest BCUT2D eigenvalue weighted by Gasteiger charge is -2.09. The van der Waals surface area contributed by atoms with Gasteiger partial charge in [-0.3, -0.25) is 9.59 Å². The largest absolute Gasteiger partial charge is 0.466 e. The zero-order valence-electron chi connectivity index (χ0n) is 10.7. The fraction of sp³-hybridized carbons (Fsp3) is 0.385. The third-order valence-corrected chi connectivity index (χ3v) is 2.43. The van der Waals surface area contributed by atoms with E-state index in [1.807, 2.05) is 0 Å². The number of carbonyl (C=O) groups is 2. The van der Waals surface area contributed by atoms with Crippen LogP contribution < -0.4 is 11.1 Å². The Morgan fingerprint density at radius 3 is 2.79 bits per heavy atom. The third-order valence-electron chi connectivity index (χ3n) is 2.43. The number of primary amides is 1. The first-order chi connectivity index (χ1) is 9.04. The second kappa shape index (κ2) is 7.35. The Labute approximate surface area is 110 Å². The number of benzene rings is 1. The zero-order chi connectivity index (χ0) is 14.3. The van der Waals surface area contributed by atoms with Crippen LogP contribution in [0.15, 0.2) is 18.2 Å². The van der Waals surface area contributed by atoms with Gasteiger partial charge in [0.15, 0.2) is 0 Å². The summed E-state index contributed by atoms with van der Waals surface area (Å²) in [5, 5.41) is 2.94. The number of anilines is 1. The summed E-state index contributed by atoms with van der Waals surface area (Å²) in [5.74, 6) is -1.49. The average molecular weight is 268 g/mol. The van der Waals surface area contributed by atoms with Gasteiger partial charge in [0.25, 0.3) is 5.91 Å². The first kappa shape index (κ1) is 14.9. The minimum atomic E-state index is -0.701. The Bertz CT molecular complexity index is 463. The number of rotatable bonds is 7. The van der Waals surface area contributed by atoms with Gasteiger partial charge in [0.1, 0.15) is 5.82 Å². The Kier molecular flexibility index (Phi) is 5.78. The molecule has 5 nitrogen and oxygen atoms in total. The van der Waals surface area contributed by atoms with E-state index < -0.39 is 11.7 Å². The molecule has 1 aromatic carbocycles. The van der Waals surface area contributed by atoms with Gasteiger partial charge in [-0.25, -0.2) is 4.39 Å². The van der Waals surface area contributed by atoms with Gasteiger partial charge < -0.3 is 15.8 Å². The first-order valence-electron chi connectivity index (χ1n) is 6.03. The summed E-state index contributed by atoms with van der Waals surface area (Å²) < 4.78 is 17.8. The molecule has 0 radical (unpaired) electrons. The smallest absolute Gasteiger partial charge is 0.305 e. The lowest BCUT2D eigenvalue weighted by molar-refractivity contribution is -0.143. The van der Waals surface area contributed by atoms with Crippen LogP contribution in [0.25, 0.3) is 0 Å². The molecule has 0 saturated carbocycles. The second-order valence-electron chi connectivity index (χ2n) is 3.89. The van der Waals surface area contributed by atoms with Crippen molar-refractivity contribution in [3.8, 4) is 0 Å². The predicted octanol–water partition coefficient (Wildman–Crippen LogP) is 1.68. The summed E-state index contributed by atoms with van der Waals surface area (Å²) in [6, 6.07) is 3.76. The van der Waals surface area contributed by atoms with Crippen LogP contribution in [-0.4, -0.2) is 25.0 Å². The van der Waals surface area contributed by atoms with Crippen LogP contribution in [0.1, 0.15) is 30.1 Å². The normalized spacial score (nSPS) is 10.0. The lowest BCUT2D eigenvalue weighted by Crippen LogP contribution is -2.15. The average Bonchev–Trinajstić information content (AvgIpc) is 2.36. The van der Waals surface area contributed by atoms with Crippen molar-refractivity contribution >= 4 is 17.6 Å². The summed E-state index contributed by atoms with van der Waals surface area (Å²) >= 11 is 0. The standard InChI is InChI=1S/C13H17FN2O3/c1-2-19-12(17)4-3-7-16-11-6-5-9(14)8-10(11)13(15)18/h5-6,8,16H,2-4,7H2,1H3,(H2,15,18). The van der Waals surface area contributed by atoms with Crippen molar-refractivity contribution in [1.82, 2.24) is 0 Å². The number of hydrogen-bond donors (Lipinski definition) is 2. The van der Waals surface area contributed by atoms with Crippen LogP contribution in [0.2, 0.25) is 0 Å². The summed E-state index contributed by atoms with van der Waals surface area (Å²) in [5.41, 5.74) is 5.71. The number of hydrogen-bond acceptors (Lipinski definition) is 4. The number of halogens is 1. The number of ether oxygens (including phenoxy) is 1. The molecule has 0 aliphatic carbocycles. The molecule has 0 spiro atoms. The van der Waals surface area contributed by atoms with E-state index in [0.29, 0.717) is 25.3 Å². The summed E-state index contributed by atoms with van der Waals surface area (Å²) in [4.78, 5) is 22.2. The Morgan fingerprint density at radius 1 is 1.42 bits per heavy atom. The van der Waals surface area contributed by atoms with Crippen LogP contribution in [0.5, 0.6) is 0 Å².